The Morgan fingerprint density at radius 1 is 0.848 bits per heavy atom. The van der Waals surface area contributed by atoms with Gasteiger partial charge in [-0.1, -0.05) is 32.9 Å². The Bertz CT molecular complexity index is 1150. The van der Waals surface area contributed by atoms with Gasteiger partial charge in [-0.15, -0.1) is 10.2 Å². The second-order valence-electron chi connectivity index (χ2n) is 9.45. The molecule has 0 atom stereocenters. The van der Waals surface area contributed by atoms with Crippen LogP contribution in [-0.4, -0.2) is 54.0 Å². The molecule has 7 nitrogen and oxygen atoms in total. The average molecular weight is 445 g/mol. The number of carbonyl (C=O) groups excluding carboxylic acids is 1. The van der Waals surface area contributed by atoms with Crippen molar-refractivity contribution in [2.24, 2.45) is 0 Å². The first kappa shape index (κ1) is 21.2. The lowest BCUT2D eigenvalue weighted by Crippen LogP contribution is -2.49. The molecule has 1 fully saturated rings. The number of hydrogen-bond donors (Lipinski definition) is 0. The molecule has 0 aliphatic carbocycles. The van der Waals surface area contributed by atoms with Gasteiger partial charge < -0.3 is 19.3 Å². The lowest BCUT2D eigenvalue weighted by atomic mass is 9.86. The van der Waals surface area contributed by atoms with Crippen molar-refractivity contribution in [3.8, 4) is 22.8 Å². The van der Waals surface area contributed by atoms with Crippen LogP contribution in [0.15, 0.2) is 54.6 Å². The van der Waals surface area contributed by atoms with Gasteiger partial charge in [-0.3, -0.25) is 4.79 Å². The molecule has 0 radical (unpaired) electrons. The highest BCUT2D eigenvalue weighted by Crippen LogP contribution is 2.35. The average Bonchev–Trinajstić information content (AvgIpc) is 3.31. The maximum atomic E-state index is 12.9. The van der Waals surface area contributed by atoms with Crippen LogP contribution in [0.25, 0.3) is 11.3 Å². The molecular weight excluding hydrogens is 416 g/mol. The Hall–Kier alpha value is -3.61. The molecule has 1 aromatic heterocycles. The monoisotopic (exact) mass is 444 g/mol. The largest absolute Gasteiger partial charge is 0.454 e. The van der Waals surface area contributed by atoms with Gasteiger partial charge >= 0.3 is 0 Å². The Morgan fingerprint density at radius 2 is 1.58 bits per heavy atom. The number of amides is 1. The van der Waals surface area contributed by atoms with E-state index in [1.165, 1.54) is 5.56 Å². The number of aromatic nitrogens is 2. The fourth-order valence-corrected chi connectivity index (χ4v) is 4.14. The van der Waals surface area contributed by atoms with Gasteiger partial charge in [0.05, 0.1) is 5.69 Å². The Morgan fingerprint density at radius 3 is 2.24 bits per heavy atom. The van der Waals surface area contributed by atoms with E-state index in [-0.39, 0.29) is 18.1 Å². The third kappa shape index (κ3) is 4.35. The predicted octanol–water partition coefficient (Wildman–Crippen LogP) is 4.13. The zero-order valence-electron chi connectivity index (χ0n) is 19.2. The number of anilines is 1. The zero-order valence-corrected chi connectivity index (χ0v) is 19.2. The van der Waals surface area contributed by atoms with Gasteiger partial charge in [-0.2, -0.15) is 0 Å². The fraction of sp³-hybridized carbons (Fsp3) is 0.346. The summed E-state index contributed by atoms with van der Waals surface area (Å²) in [7, 11) is 0. The van der Waals surface area contributed by atoms with E-state index in [9.17, 15) is 4.79 Å². The maximum Gasteiger partial charge on any atom is 0.253 e. The van der Waals surface area contributed by atoms with Crippen molar-refractivity contribution in [2.45, 2.75) is 26.2 Å². The number of nitrogens with zero attached hydrogens (tertiary/aromatic N) is 4. The summed E-state index contributed by atoms with van der Waals surface area (Å²) in [5.41, 5.74) is 3.76. The van der Waals surface area contributed by atoms with Crippen LogP contribution in [-0.2, 0) is 5.41 Å². The molecule has 0 N–H and O–H groups in total. The van der Waals surface area contributed by atoms with Crippen molar-refractivity contribution < 1.29 is 14.3 Å². The zero-order chi connectivity index (χ0) is 23.0. The number of rotatable bonds is 3. The van der Waals surface area contributed by atoms with Gasteiger partial charge in [0.15, 0.2) is 17.3 Å². The van der Waals surface area contributed by atoms with Crippen molar-refractivity contribution in [3.63, 3.8) is 0 Å². The Kier molecular flexibility index (Phi) is 5.40. The third-order valence-electron chi connectivity index (χ3n) is 6.21. The first-order chi connectivity index (χ1) is 15.9. The quantitative estimate of drug-likeness (QED) is 0.605. The second kappa shape index (κ2) is 8.39. The number of piperazine rings is 1. The van der Waals surface area contributed by atoms with Crippen LogP contribution in [0.2, 0.25) is 0 Å². The van der Waals surface area contributed by atoms with Crippen LogP contribution in [0.3, 0.4) is 0 Å². The highest BCUT2D eigenvalue weighted by Gasteiger charge is 2.24. The van der Waals surface area contributed by atoms with E-state index in [1.807, 2.05) is 47.4 Å². The SMILES string of the molecule is CC(C)(C)c1ccc(C(=O)N2CCN(c3ccc(-c4ccc5c(c4)OCO5)nn3)CC2)cc1. The predicted molar refractivity (Wildman–Crippen MR) is 127 cm³/mol. The third-order valence-corrected chi connectivity index (χ3v) is 6.21. The lowest BCUT2D eigenvalue weighted by molar-refractivity contribution is 0.0746. The molecule has 2 aromatic carbocycles. The highest BCUT2D eigenvalue weighted by atomic mass is 16.7. The summed E-state index contributed by atoms with van der Waals surface area (Å²) in [6.45, 7) is 9.54. The van der Waals surface area contributed by atoms with Crippen molar-refractivity contribution >= 4 is 11.7 Å². The first-order valence-corrected chi connectivity index (χ1v) is 11.3. The van der Waals surface area contributed by atoms with Crippen molar-refractivity contribution in [3.05, 3.63) is 65.7 Å². The molecule has 33 heavy (non-hydrogen) atoms. The Labute approximate surface area is 193 Å². The van der Waals surface area contributed by atoms with Gasteiger partial charge in [-0.05, 0) is 53.4 Å². The van der Waals surface area contributed by atoms with E-state index in [4.69, 9.17) is 9.47 Å². The first-order valence-electron chi connectivity index (χ1n) is 11.3. The number of benzene rings is 2. The summed E-state index contributed by atoms with van der Waals surface area (Å²) < 4.78 is 10.8. The van der Waals surface area contributed by atoms with Crippen LogP contribution >= 0.6 is 0 Å². The molecular formula is C26H28N4O3. The van der Waals surface area contributed by atoms with E-state index < -0.39 is 0 Å². The summed E-state index contributed by atoms with van der Waals surface area (Å²) in [5.74, 6) is 2.38. The van der Waals surface area contributed by atoms with Crippen LogP contribution in [0, 0.1) is 0 Å². The molecule has 0 saturated carbocycles. The second-order valence-corrected chi connectivity index (χ2v) is 9.45. The van der Waals surface area contributed by atoms with Crippen LogP contribution < -0.4 is 14.4 Å². The molecule has 2 aliphatic rings. The van der Waals surface area contributed by atoms with E-state index in [2.05, 4.69) is 48.0 Å². The summed E-state index contributed by atoms with van der Waals surface area (Å²) in [4.78, 5) is 17.0. The molecule has 1 amide bonds. The van der Waals surface area contributed by atoms with Crippen LogP contribution in [0.5, 0.6) is 11.5 Å². The van der Waals surface area contributed by atoms with Crippen LogP contribution in [0.1, 0.15) is 36.7 Å². The van der Waals surface area contributed by atoms with Crippen molar-refractivity contribution in [1.29, 1.82) is 0 Å². The van der Waals surface area contributed by atoms with E-state index in [1.54, 1.807) is 0 Å². The van der Waals surface area contributed by atoms with E-state index in [0.29, 0.717) is 13.1 Å². The normalized spacial score (nSPS) is 15.6. The smallest absolute Gasteiger partial charge is 0.253 e. The minimum atomic E-state index is 0.0759. The summed E-state index contributed by atoms with van der Waals surface area (Å²) in [6.07, 6.45) is 0. The number of carbonyl (C=O) groups is 1. The number of ether oxygens (including phenoxy) is 2. The molecule has 3 heterocycles. The van der Waals surface area contributed by atoms with E-state index >= 15 is 0 Å². The topological polar surface area (TPSA) is 67.8 Å². The highest BCUT2D eigenvalue weighted by molar-refractivity contribution is 5.94. The van der Waals surface area contributed by atoms with Crippen LogP contribution in [0.4, 0.5) is 5.82 Å². The molecule has 170 valence electrons. The molecule has 0 unspecified atom stereocenters. The molecule has 0 bridgehead atoms. The number of hydrogen-bond acceptors (Lipinski definition) is 6. The molecule has 1 saturated heterocycles. The maximum absolute atomic E-state index is 12.9. The molecule has 5 rings (SSSR count). The minimum absolute atomic E-state index is 0.0759. The van der Waals surface area contributed by atoms with Gasteiger partial charge in [0.1, 0.15) is 0 Å². The summed E-state index contributed by atoms with van der Waals surface area (Å²) in [6, 6.07) is 17.7. The van der Waals surface area contributed by atoms with E-state index in [0.717, 1.165) is 47.2 Å². The fourth-order valence-electron chi connectivity index (χ4n) is 4.14. The molecule has 0 spiro atoms. The van der Waals surface area contributed by atoms with Gasteiger partial charge in [0.25, 0.3) is 5.91 Å². The minimum Gasteiger partial charge on any atom is -0.454 e. The van der Waals surface area contributed by atoms with Gasteiger partial charge in [0, 0.05) is 37.3 Å². The molecule has 2 aliphatic heterocycles. The summed E-state index contributed by atoms with van der Waals surface area (Å²) >= 11 is 0. The number of fused-ring (bicyclic) bond motifs is 1. The standard InChI is InChI=1S/C26H28N4O3/c1-26(2,3)20-7-4-18(5-8-20)25(31)30-14-12-29(13-15-30)24-11-9-21(27-28-24)19-6-10-22-23(16-19)33-17-32-22/h4-11,16H,12-15,17H2,1-3H3. The van der Waals surface area contributed by atoms with Gasteiger partial charge in [-0.25, -0.2) is 0 Å². The van der Waals surface area contributed by atoms with Crippen molar-refractivity contribution in [2.75, 3.05) is 37.9 Å². The van der Waals surface area contributed by atoms with Crippen molar-refractivity contribution in [1.82, 2.24) is 15.1 Å². The van der Waals surface area contributed by atoms with Gasteiger partial charge in [0.2, 0.25) is 6.79 Å². The summed E-state index contributed by atoms with van der Waals surface area (Å²) in [5, 5.41) is 8.84. The molecule has 3 aromatic rings. The molecule has 7 heteroatoms. The lowest BCUT2D eigenvalue weighted by Gasteiger charge is -2.35. The Balaban J connectivity index is 1.21.